The van der Waals surface area contributed by atoms with Gasteiger partial charge in [-0.3, -0.25) is 10.1 Å². The highest BCUT2D eigenvalue weighted by molar-refractivity contribution is 7.12. The number of aryl methyl sites for hydroxylation is 1. The van der Waals surface area contributed by atoms with Crippen molar-refractivity contribution in [1.29, 1.82) is 0 Å². The van der Waals surface area contributed by atoms with Crippen LogP contribution in [0.25, 0.3) is 0 Å². The van der Waals surface area contributed by atoms with Crippen LogP contribution in [0.3, 0.4) is 0 Å². The molecule has 104 valence electrons. The first-order valence-electron chi connectivity index (χ1n) is 6.04. The van der Waals surface area contributed by atoms with Crippen LogP contribution in [0.5, 0.6) is 0 Å². The lowest BCUT2D eigenvalue weighted by Gasteiger charge is -2.34. The van der Waals surface area contributed by atoms with E-state index in [9.17, 15) is 18.0 Å². The van der Waals surface area contributed by atoms with E-state index in [0.29, 0.717) is 0 Å². The van der Waals surface area contributed by atoms with Crippen LogP contribution >= 0.6 is 11.3 Å². The minimum atomic E-state index is -4.36. The molecule has 1 aliphatic heterocycles. The molecule has 0 aromatic carbocycles. The molecule has 2 heterocycles. The average Bonchev–Trinajstić information content (AvgIpc) is 2.88. The van der Waals surface area contributed by atoms with Gasteiger partial charge in [0, 0.05) is 9.75 Å². The lowest BCUT2D eigenvalue weighted by atomic mass is 10.2. The quantitative estimate of drug-likeness (QED) is 0.908. The van der Waals surface area contributed by atoms with Crippen LogP contribution in [-0.4, -0.2) is 29.1 Å². The molecular weight excluding hydrogens is 277 g/mol. The number of nitrogens with one attached hydrogen (secondary N) is 1. The van der Waals surface area contributed by atoms with E-state index in [0.717, 1.165) is 14.7 Å². The maximum Gasteiger partial charge on any atom is 0.411 e. The number of rotatable bonds is 2. The first kappa shape index (κ1) is 12.9. The van der Waals surface area contributed by atoms with Crippen molar-refractivity contribution in [3.63, 3.8) is 0 Å². The molecule has 19 heavy (non-hydrogen) atoms. The van der Waals surface area contributed by atoms with Gasteiger partial charge in [-0.2, -0.15) is 13.2 Å². The highest BCUT2D eigenvalue weighted by Crippen LogP contribution is 2.56. The topological polar surface area (TPSA) is 32.3 Å². The predicted octanol–water partition coefficient (Wildman–Crippen LogP) is 2.58. The molecule has 1 atom stereocenters. The molecule has 1 aromatic rings. The Bertz CT molecular complexity index is 521. The normalized spacial score (nSPS) is 26.0. The molecule has 0 bridgehead atoms. The number of nitrogens with zero attached hydrogens (tertiary/aromatic N) is 1. The summed E-state index contributed by atoms with van der Waals surface area (Å²) in [6.07, 6.45) is -5.00. The van der Waals surface area contributed by atoms with Gasteiger partial charge in [0.1, 0.15) is 11.7 Å². The van der Waals surface area contributed by atoms with Crippen molar-refractivity contribution < 1.29 is 18.0 Å². The maximum absolute atomic E-state index is 13.2. The van der Waals surface area contributed by atoms with Crippen molar-refractivity contribution >= 4 is 17.2 Å². The van der Waals surface area contributed by atoms with E-state index in [2.05, 4.69) is 5.32 Å². The second-order valence-corrected chi connectivity index (χ2v) is 6.34. The second kappa shape index (κ2) is 3.96. The van der Waals surface area contributed by atoms with Crippen molar-refractivity contribution in [2.75, 3.05) is 6.54 Å². The molecule has 0 radical (unpaired) electrons. The fourth-order valence-electron chi connectivity index (χ4n) is 2.60. The Balaban J connectivity index is 1.96. The highest BCUT2D eigenvalue weighted by Gasteiger charge is 2.70. The van der Waals surface area contributed by atoms with Gasteiger partial charge < -0.3 is 4.90 Å². The lowest BCUT2D eigenvalue weighted by Crippen LogP contribution is -2.50. The minimum absolute atomic E-state index is 0.00474. The molecular formula is C12H13F3N2OS. The minimum Gasteiger partial charge on any atom is -0.306 e. The van der Waals surface area contributed by atoms with E-state index < -0.39 is 23.8 Å². The number of hydrogen-bond acceptors (Lipinski definition) is 3. The fraction of sp³-hybridized carbons (Fsp3) is 0.583. The molecule has 3 rings (SSSR count). The summed E-state index contributed by atoms with van der Waals surface area (Å²) >= 11 is 1.42. The van der Waals surface area contributed by atoms with Gasteiger partial charge in [-0.25, -0.2) is 0 Å². The van der Waals surface area contributed by atoms with E-state index in [1.807, 2.05) is 13.0 Å². The summed E-state index contributed by atoms with van der Waals surface area (Å²) in [7, 11) is 0. The fourth-order valence-corrected chi connectivity index (χ4v) is 3.54. The molecule has 1 N–H and O–H groups in total. The zero-order valence-electron chi connectivity index (χ0n) is 10.3. The number of carbonyl (C=O) groups excluding carboxylic acids is 1. The van der Waals surface area contributed by atoms with Crippen LogP contribution in [0, 0.1) is 6.92 Å². The standard InChI is InChI=1S/C12H13F3N2OS/c1-7-2-3-8(19-7)10-16-6-9(18)17(10)11(4-5-11)12(13,14)15/h2-3,10,16H,4-6H2,1H3. The van der Waals surface area contributed by atoms with Gasteiger partial charge in [0.2, 0.25) is 5.91 Å². The smallest absolute Gasteiger partial charge is 0.306 e. The number of hydrogen-bond donors (Lipinski definition) is 1. The van der Waals surface area contributed by atoms with Crippen LogP contribution < -0.4 is 5.32 Å². The number of amides is 1. The first-order valence-corrected chi connectivity index (χ1v) is 6.85. The number of alkyl halides is 3. The molecule has 1 aliphatic carbocycles. The molecule has 1 amide bonds. The van der Waals surface area contributed by atoms with Gasteiger partial charge in [-0.05, 0) is 31.9 Å². The number of carbonyl (C=O) groups is 1. The van der Waals surface area contributed by atoms with Crippen molar-refractivity contribution in [3.05, 3.63) is 21.9 Å². The Morgan fingerprint density at radius 1 is 1.42 bits per heavy atom. The highest BCUT2D eigenvalue weighted by atomic mass is 32.1. The summed E-state index contributed by atoms with van der Waals surface area (Å²) in [4.78, 5) is 14.7. The van der Waals surface area contributed by atoms with Gasteiger partial charge in [0.05, 0.1) is 6.54 Å². The largest absolute Gasteiger partial charge is 0.411 e. The monoisotopic (exact) mass is 290 g/mol. The van der Waals surface area contributed by atoms with Gasteiger partial charge in [0.25, 0.3) is 0 Å². The molecule has 2 fully saturated rings. The van der Waals surface area contributed by atoms with Crippen LogP contribution in [0.4, 0.5) is 13.2 Å². The van der Waals surface area contributed by atoms with E-state index in [4.69, 9.17) is 0 Å². The van der Waals surface area contributed by atoms with E-state index in [1.165, 1.54) is 11.3 Å². The molecule has 3 nitrogen and oxygen atoms in total. The second-order valence-electron chi connectivity index (χ2n) is 5.02. The summed E-state index contributed by atoms with van der Waals surface area (Å²) in [6.45, 7) is 1.87. The van der Waals surface area contributed by atoms with Crippen LogP contribution in [0.1, 0.15) is 28.8 Å². The number of thiophene rings is 1. The van der Waals surface area contributed by atoms with Gasteiger partial charge in [-0.1, -0.05) is 0 Å². The molecule has 1 aromatic heterocycles. The van der Waals surface area contributed by atoms with E-state index in [-0.39, 0.29) is 19.4 Å². The molecule has 1 saturated carbocycles. The van der Waals surface area contributed by atoms with Crippen LogP contribution in [0.15, 0.2) is 12.1 Å². The van der Waals surface area contributed by atoms with Crippen LogP contribution in [-0.2, 0) is 4.79 Å². The van der Waals surface area contributed by atoms with Gasteiger partial charge >= 0.3 is 6.18 Å². The molecule has 2 aliphatic rings. The molecule has 7 heteroatoms. The summed E-state index contributed by atoms with van der Waals surface area (Å²) in [5, 5.41) is 2.89. The van der Waals surface area contributed by atoms with Crippen molar-refractivity contribution in [2.45, 2.75) is 37.6 Å². The average molecular weight is 290 g/mol. The summed E-state index contributed by atoms with van der Waals surface area (Å²) in [5.74, 6) is -0.467. The van der Waals surface area contributed by atoms with Crippen LogP contribution in [0.2, 0.25) is 0 Å². The molecule has 1 saturated heterocycles. The summed E-state index contributed by atoms with van der Waals surface area (Å²) < 4.78 is 39.6. The molecule has 0 spiro atoms. The Kier molecular flexibility index (Phi) is 2.69. The SMILES string of the molecule is Cc1ccc(C2NCC(=O)N2C2(C(F)(F)F)CC2)s1. The third-order valence-electron chi connectivity index (χ3n) is 3.72. The third-order valence-corrected chi connectivity index (χ3v) is 4.77. The van der Waals surface area contributed by atoms with Crippen molar-refractivity contribution in [1.82, 2.24) is 10.2 Å². The zero-order valence-corrected chi connectivity index (χ0v) is 11.1. The zero-order chi connectivity index (χ0) is 13.8. The van der Waals surface area contributed by atoms with E-state index >= 15 is 0 Å². The Morgan fingerprint density at radius 2 is 2.11 bits per heavy atom. The van der Waals surface area contributed by atoms with Crippen molar-refractivity contribution in [2.24, 2.45) is 0 Å². The Hall–Kier alpha value is -1.08. The lowest BCUT2D eigenvalue weighted by molar-refractivity contribution is -0.202. The van der Waals surface area contributed by atoms with Gasteiger partial charge in [-0.15, -0.1) is 11.3 Å². The summed E-state index contributed by atoms with van der Waals surface area (Å²) in [6, 6.07) is 3.64. The van der Waals surface area contributed by atoms with Crippen molar-refractivity contribution in [3.8, 4) is 0 Å². The Morgan fingerprint density at radius 3 is 2.58 bits per heavy atom. The molecule has 1 unspecified atom stereocenters. The summed E-state index contributed by atoms with van der Waals surface area (Å²) in [5.41, 5.74) is -1.95. The maximum atomic E-state index is 13.2. The van der Waals surface area contributed by atoms with Gasteiger partial charge in [0.15, 0.2) is 0 Å². The Labute approximate surface area is 112 Å². The van der Waals surface area contributed by atoms with E-state index in [1.54, 1.807) is 6.07 Å². The predicted molar refractivity (Wildman–Crippen MR) is 64.7 cm³/mol. The third kappa shape index (κ3) is 1.87. The number of halogens is 3. The first-order chi connectivity index (χ1) is 8.85.